The van der Waals surface area contributed by atoms with Crippen LogP contribution < -0.4 is 4.57 Å². The third-order valence-corrected chi connectivity index (χ3v) is 2.06. The van der Waals surface area contributed by atoms with Gasteiger partial charge in [0.15, 0.2) is 0 Å². The van der Waals surface area contributed by atoms with Gasteiger partial charge in [0.25, 0.3) is 0 Å². The van der Waals surface area contributed by atoms with Crippen LogP contribution in [0.5, 0.6) is 0 Å². The van der Waals surface area contributed by atoms with Crippen LogP contribution in [-0.2, 0) is 22.6 Å². The van der Waals surface area contributed by atoms with Gasteiger partial charge in [-0.3, -0.25) is 0 Å². The molecule has 0 aliphatic rings. The molecule has 0 aromatic carbocycles. The van der Waals surface area contributed by atoms with Crippen LogP contribution in [0.1, 0.15) is 6.42 Å². The minimum absolute atomic E-state index is 0.757. The predicted molar refractivity (Wildman–Crippen MR) is 53.0 cm³/mol. The largest absolute Gasteiger partial charge is 0.385 e. The number of rotatable bonds is 7. The van der Waals surface area contributed by atoms with E-state index >= 15 is 0 Å². The van der Waals surface area contributed by atoms with E-state index < -0.39 is 0 Å². The molecule has 80 valence electrons. The lowest BCUT2D eigenvalue weighted by Gasteiger charge is -1.96. The van der Waals surface area contributed by atoms with Crippen molar-refractivity contribution in [3.8, 4) is 0 Å². The summed E-state index contributed by atoms with van der Waals surface area (Å²) in [6, 6.07) is 0. The van der Waals surface area contributed by atoms with Crippen molar-refractivity contribution in [3.05, 3.63) is 18.7 Å². The predicted octanol–water partition coefficient (Wildman–Crippen LogP) is 0.458. The first-order valence-corrected chi connectivity index (χ1v) is 4.89. The van der Waals surface area contributed by atoms with Crippen LogP contribution in [0.3, 0.4) is 0 Å². The van der Waals surface area contributed by atoms with E-state index in [4.69, 9.17) is 9.47 Å². The number of hydrogen-bond donors (Lipinski definition) is 0. The molecule has 1 aromatic heterocycles. The summed E-state index contributed by atoms with van der Waals surface area (Å²) in [5, 5.41) is 0. The highest BCUT2D eigenvalue weighted by Crippen LogP contribution is 1.87. The molecule has 0 saturated carbocycles. The number of aryl methyl sites for hydroxylation is 1. The maximum Gasteiger partial charge on any atom is 0.243 e. The zero-order valence-electron chi connectivity index (χ0n) is 8.98. The average Bonchev–Trinajstić information content (AvgIpc) is 2.63. The van der Waals surface area contributed by atoms with E-state index in [1.54, 1.807) is 14.2 Å². The highest BCUT2D eigenvalue weighted by molar-refractivity contribution is 4.65. The van der Waals surface area contributed by atoms with E-state index in [1.165, 1.54) is 0 Å². The van der Waals surface area contributed by atoms with Gasteiger partial charge in [-0.2, -0.15) is 0 Å². The smallest absolute Gasteiger partial charge is 0.243 e. The van der Waals surface area contributed by atoms with Gasteiger partial charge in [-0.25, -0.2) is 9.13 Å². The van der Waals surface area contributed by atoms with Crippen LogP contribution in [0.4, 0.5) is 0 Å². The van der Waals surface area contributed by atoms with Crippen molar-refractivity contribution < 1.29 is 14.0 Å². The van der Waals surface area contributed by atoms with Gasteiger partial charge in [-0.05, 0) is 0 Å². The number of hydrogen-bond acceptors (Lipinski definition) is 2. The summed E-state index contributed by atoms with van der Waals surface area (Å²) < 4.78 is 14.3. The molecule has 1 aromatic rings. The van der Waals surface area contributed by atoms with Crippen LogP contribution >= 0.6 is 0 Å². The molecular weight excluding hydrogens is 180 g/mol. The monoisotopic (exact) mass is 199 g/mol. The Morgan fingerprint density at radius 3 is 2.71 bits per heavy atom. The van der Waals surface area contributed by atoms with E-state index in [1.807, 2.05) is 0 Å². The Labute approximate surface area is 85.1 Å². The molecule has 1 rings (SSSR count). The van der Waals surface area contributed by atoms with E-state index in [2.05, 4.69) is 27.9 Å². The summed E-state index contributed by atoms with van der Waals surface area (Å²) in [4.78, 5) is 0. The molecule has 0 aliphatic heterocycles. The topological polar surface area (TPSA) is 27.3 Å². The molecule has 0 unspecified atom stereocenters. The molecule has 0 amide bonds. The molecule has 0 bridgehead atoms. The van der Waals surface area contributed by atoms with Gasteiger partial charge in [0.2, 0.25) is 6.33 Å². The van der Waals surface area contributed by atoms with Crippen molar-refractivity contribution in [2.45, 2.75) is 19.5 Å². The summed E-state index contributed by atoms with van der Waals surface area (Å²) in [5.74, 6) is 0. The zero-order valence-corrected chi connectivity index (χ0v) is 8.98. The molecule has 14 heavy (non-hydrogen) atoms. The minimum Gasteiger partial charge on any atom is -0.385 e. The summed E-state index contributed by atoms with van der Waals surface area (Å²) >= 11 is 0. The molecule has 0 N–H and O–H groups in total. The van der Waals surface area contributed by atoms with Gasteiger partial charge in [0.1, 0.15) is 18.9 Å². The fourth-order valence-corrected chi connectivity index (χ4v) is 1.29. The molecule has 0 fully saturated rings. The first-order valence-electron chi connectivity index (χ1n) is 4.89. The Hall–Kier alpha value is -0.870. The number of ether oxygens (including phenoxy) is 2. The van der Waals surface area contributed by atoms with Crippen molar-refractivity contribution in [3.63, 3.8) is 0 Å². The Kier molecular flexibility index (Phi) is 5.25. The third-order valence-electron chi connectivity index (χ3n) is 2.06. The standard InChI is InChI=1S/C10H19N2O2/c1-13-8-3-4-11-5-6-12(10-11)7-9-14-2/h5-6,10H,3-4,7-9H2,1-2H3/q+1. The van der Waals surface area contributed by atoms with Gasteiger partial charge < -0.3 is 9.47 Å². The molecular formula is C10H19N2O2+. The average molecular weight is 199 g/mol. The second-order valence-electron chi connectivity index (χ2n) is 3.23. The van der Waals surface area contributed by atoms with Crippen molar-refractivity contribution >= 4 is 0 Å². The van der Waals surface area contributed by atoms with Gasteiger partial charge in [0, 0.05) is 27.2 Å². The Bertz CT molecular complexity index is 248. The minimum atomic E-state index is 0.757. The fourth-order valence-electron chi connectivity index (χ4n) is 1.29. The fraction of sp³-hybridized carbons (Fsp3) is 0.700. The van der Waals surface area contributed by atoms with Crippen molar-refractivity contribution in [1.82, 2.24) is 4.57 Å². The number of nitrogens with zero attached hydrogens (tertiary/aromatic N) is 2. The molecule has 0 spiro atoms. The Morgan fingerprint density at radius 1 is 1.21 bits per heavy atom. The zero-order chi connectivity index (χ0) is 10.2. The summed E-state index contributed by atoms with van der Waals surface area (Å²) in [6.45, 7) is 3.49. The van der Waals surface area contributed by atoms with Crippen LogP contribution in [0.15, 0.2) is 18.7 Å². The van der Waals surface area contributed by atoms with Gasteiger partial charge in [-0.15, -0.1) is 0 Å². The highest BCUT2D eigenvalue weighted by atomic mass is 16.5. The van der Waals surface area contributed by atoms with Crippen LogP contribution in [0, 0.1) is 0 Å². The lowest BCUT2D eigenvalue weighted by atomic mass is 10.4. The number of imidazole rings is 1. The van der Waals surface area contributed by atoms with Gasteiger partial charge >= 0.3 is 0 Å². The number of aromatic nitrogens is 2. The molecule has 1 heterocycles. The van der Waals surface area contributed by atoms with Gasteiger partial charge in [0.05, 0.1) is 13.2 Å². The molecule has 4 nitrogen and oxygen atoms in total. The summed E-state index contributed by atoms with van der Waals surface area (Å²) in [7, 11) is 3.45. The van der Waals surface area contributed by atoms with Crippen LogP contribution in [0.25, 0.3) is 0 Å². The van der Waals surface area contributed by atoms with Crippen LogP contribution in [0.2, 0.25) is 0 Å². The summed E-state index contributed by atoms with van der Waals surface area (Å²) in [5.41, 5.74) is 0. The molecule has 4 heteroatoms. The van der Waals surface area contributed by atoms with Gasteiger partial charge in [-0.1, -0.05) is 0 Å². The normalized spacial score (nSPS) is 10.7. The van der Waals surface area contributed by atoms with E-state index in [9.17, 15) is 0 Å². The number of methoxy groups -OCH3 is 2. The maximum atomic E-state index is 5.00. The maximum absolute atomic E-state index is 5.00. The molecule has 0 saturated heterocycles. The molecule has 0 atom stereocenters. The Morgan fingerprint density at radius 2 is 2.00 bits per heavy atom. The first-order chi connectivity index (χ1) is 6.86. The summed E-state index contributed by atoms with van der Waals surface area (Å²) in [6.07, 6.45) is 7.28. The van der Waals surface area contributed by atoms with Crippen molar-refractivity contribution in [2.24, 2.45) is 0 Å². The third kappa shape index (κ3) is 3.89. The van der Waals surface area contributed by atoms with E-state index in [0.29, 0.717) is 0 Å². The molecule has 0 radical (unpaired) electrons. The second-order valence-corrected chi connectivity index (χ2v) is 3.23. The Balaban J connectivity index is 2.27. The van der Waals surface area contributed by atoms with Crippen molar-refractivity contribution in [2.75, 3.05) is 27.4 Å². The molecule has 0 aliphatic carbocycles. The lowest BCUT2D eigenvalue weighted by molar-refractivity contribution is -0.697. The van der Waals surface area contributed by atoms with Crippen LogP contribution in [-0.4, -0.2) is 32.0 Å². The van der Waals surface area contributed by atoms with E-state index in [-0.39, 0.29) is 0 Å². The van der Waals surface area contributed by atoms with E-state index in [0.717, 1.165) is 32.7 Å². The van der Waals surface area contributed by atoms with Crippen molar-refractivity contribution in [1.29, 1.82) is 0 Å². The SMILES string of the molecule is COCCC[n+]1ccn(CCOC)c1. The first kappa shape index (κ1) is 11.2. The second kappa shape index (κ2) is 6.56. The highest BCUT2D eigenvalue weighted by Gasteiger charge is 2.02. The lowest BCUT2D eigenvalue weighted by Crippen LogP contribution is -2.31. The quantitative estimate of drug-likeness (QED) is 0.471.